The van der Waals surface area contributed by atoms with Gasteiger partial charge in [0.25, 0.3) is 0 Å². The van der Waals surface area contributed by atoms with Crippen LogP contribution in [0.15, 0.2) is 23.8 Å². The minimum atomic E-state index is -2.26. The van der Waals surface area contributed by atoms with Gasteiger partial charge in [0, 0.05) is 16.7 Å². The van der Waals surface area contributed by atoms with E-state index < -0.39 is 69.0 Å². The zero-order chi connectivity index (χ0) is 22.3. The Morgan fingerprint density at radius 2 is 1.97 bits per heavy atom. The van der Waals surface area contributed by atoms with Gasteiger partial charge in [0.1, 0.15) is 17.8 Å². The van der Waals surface area contributed by atoms with Crippen molar-refractivity contribution in [2.24, 2.45) is 28.6 Å². The van der Waals surface area contributed by atoms with Crippen LogP contribution in [0.3, 0.4) is 0 Å². The molecule has 0 aliphatic heterocycles. The van der Waals surface area contributed by atoms with Crippen LogP contribution < -0.4 is 0 Å². The van der Waals surface area contributed by atoms with Gasteiger partial charge in [0.2, 0.25) is 5.12 Å². The number of allylic oxidation sites excluding steroid dienone is 4. The molecule has 4 aliphatic rings. The van der Waals surface area contributed by atoms with Gasteiger partial charge in [0.15, 0.2) is 11.5 Å². The van der Waals surface area contributed by atoms with Gasteiger partial charge in [-0.2, -0.15) is 0 Å². The van der Waals surface area contributed by atoms with Crippen molar-refractivity contribution in [2.75, 3.05) is 6.01 Å². The SMILES string of the molecule is CC1CC2C3CC(F)C4=CC(=O)C=CC4(C)C3(F)C(O)CC2(C)C1(O)C(=O)SCF. The lowest BCUT2D eigenvalue weighted by atomic mass is 9.44. The van der Waals surface area contributed by atoms with E-state index >= 15 is 8.78 Å². The Balaban J connectivity index is 1.84. The van der Waals surface area contributed by atoms with Gasteiger partial charge in [-0.1, -0.05) is 31.7 Å². The molecule has 0 aromatic heterocycles. The molecular formula is C22H27F3O4S. The summed E-state index contributed by atoms with van der Waals surface area (Å²) in [5.41, 5.74) is -6.91. The van der Waals surface area contributed by atoms with E-state index in [0.717, 1.165) is 6.08 Å². The Morgan fingerprint density at radius 1 is 1.30 bits per heavy atom. The minimum absolute atomic E-state index is 0.0294. The van der Waals surface area contributed by atoms with Crippen LogP contribution in [0, 0.1) is 28.6 Å². The lowest BCUT2D eigenvalue weighted by Crippen LogP contribution is -2.70. The standard InChI is InChI=1S/C22H27F3O4S/c1-11-6-13-14-8-16(24)15-7-12(26)4-5-19(15,2)21(14,25)17(27)9-20(13,3)22(11,29)18(28)30-10-23/h4-5,7,11,13-14,16-17,27,29H,6,8-10H2,1-3H3. The zero-order valence-electron chi connectivity index (χ0n) is 17.2. The van der Waals surface area contributed by atoms with Crippen molar-refractivity contribution in [1.29, 1.82) is 0 Å². The van der Waals surface area contributed by atoms with Gasteiger partial charge in [-0.05, 0) is 55.7 Å². The molecule has 0 bridgehead atoms. The Labute approximate surface area is 178 Å². The molecule has 166 valence electrons. The first-order chi connectivity index (χ1) is 13.9. The number of alkyl halides is 3. The number of thioether (sulfide) groups is 1. The van der Waals surface area contributed by atoms with Crippen molar-refractivity contribution in [3.63, 3.8) is 0 Å². The summed E-state index contributed by atoms with van der Waals surface area (Å²) in [5.74, 6) is -2.57. The molecule has 4 aliphatic carbocycles. The van der Waals surface area contributed by atoms with E-state index in [1.807, 2.05) is 0 Å². The molecule has 2 N–H and O–H groups in total. The highest BCUT2D eigenvalue weighted by Crippen LogP contribution is 2.71. The Morgan fingerprint density at radius 3 is 2.60 bits per heavy atom. The van der Waals surface area contributed by atoms with Crippen molar-refractivity contribution in [1.82, 2.24) is 0 Å². The number of carbonyl (C=O) groups excluding carboxylic acids is 2. The summed E-state index contributed by atoms with van der Waals surface area (Å²) in [6.45, 7) is 4.79. The second-order valence-corrected chi connectivity index (χ2v) is 10.7. The van der Waals surface area contributed by atoms with Gasteiger partial charge in [-0.3, -0.25) is 9.59 Å². The number of hydrogen-bond acceptors (Lipinski definition) is 5. The van der Waals surface area contributed by atoms with Crippen LogP contribution in [0.4, 0.5) is 13.2 Å². The topological polar surface area (TPSA) is 74.6 Å². The van der Waals surface area contributed by atoms with Crippen molar-refractivity contribution in [2.45, 2.75) is 63.6 Å². The lowest BCUT2D eigenvalue weighted by molar-refractivity contribution is -0.221. The summed E-state index contributed by atoms with van der Waals surface area (Å²) in [6.07, 6.45) is 0.306. The largest absolute Gasteiger partial charge is 0.390 e. The number of hydrogen-bond donors (Lipinski definition) is 2. The van der Waals surface area contributed by atoms with Crippen LogP contribution in [0.5, 0.6) is 0 Å². The van der Waals surface area contributed by atoms with Crippen molar-refractivity contribution >= 4 is 22.7 Å². The average molecular weight is 445 g/mol. The van der Waals surface area contributed by atoms with Gasteiger partial charge in [-0.15, -0.1) is 0 Å². The molecule has 0 aromatic carbocycles. The highest BCUT2D eigenvalue weighted by Gasteiger charge is 2.76. The maximum Gasteiger partial charge on any atom is 0.223 e. The summed E-state index contributed by atoms with van der Waals surface area (Å²) >= 11 is 0.371. The Bertz CT molecular complexity index is 861. The monoisotopic (exact) mass is 444 g/mol. The first kappa shape index (κ1) is 22.1. The van der Waals surface area contributed by atoms with E-state index in [0.29, 0.717) is 11.8 Å². The van der Waals surface area contributed by atoms with E-state index in [9.17, 15) is 24.2 Å². The van der Waals surface area contributed by atoms with Crippen LogP contribution in [-0.2, 0) is 9.59 Å². The highest BCUT2D eigenvalue weighted by molar-refractivity contribution is 8.13. The molecule has 30 heavy (non-hydrogen) atoms. The maximum atomic E-state index is 16.9. The van der Waals surface area contributed by atoms with Crippen molar-refractivity contribution < 1.29 is 33.0 Å². The summed E-state index contributed by atoms with van der Waals surface area (Å²) < 4.78 is 45.1. The fourth-order valence-electron chi connectivity index (χ4n) is 7.13. The fraction of sp³-hybridized carbons (Fsp3) is 0.727. The van der Waals surface area contributed by atoms with Crippen LogP contribution >= 0.6 is 11.8 Å². The minimum Gasteiger partial charge on any atom is -0.390 e. The number of carbonyl (C=O) groups is 2. The van der Waals surface area contributed by atoms with Crippen LogP contribution in [-0.4, -0.2) is 50.7 Å². The summed E-state index contributed by atoms with van der Waals surface area (Å²) in [7, 11) is 0. The Kier molecular flexibility index (Phi) is 4.92. The normalized spacial score (nSPS) is 52.3. The smallest absolute Gasteiger partial charge is 0.223 e. The molecule has 3 saturated carbocycles. The van der Waals surface area contributed by atoms with Crippen molar-refractivity contribution in [3.8, 4) is 0 Å². The molecule has 0 aromatic rings. The second kappa shape index (κ2) is 6.69. The predicted molar refractivity (Wildman–Crippen MR) is 107 cm³/mol. The number of fused-ring (bicyclic) bond motifs is 5. The molecule has 4 rings (SSSR count). The third kappa shape index (κ3) is 2.39. The molecule has 9 atom stereocenters. The first-order valence-corrected chi connectivity index (χ1v) is 11.3. The molecule has 9 unspecified atom stereocenters. The number of aliphatic hydroxyl groups excluding tert-OH is 1. The van der Waals surface area contributed by atoms with Gasteiger partial charge in [-0.25, -0.2) is 13.2 Å². The number of aliphatic hydroxyl groups is 2. The molecule has 0 spiro atoms. The first-order valence-electron chi connectivity index (χ1n) is 10.3. The maximum absolute atomic E-state index is 16.9. The molecule has 0 amide bonds. The number of halogens is 3. The molecule has 0 saturated heterocycles. The van der Waals surface area contributed by atoms with Crippen molar-refractivity contribution in [3.05, 3.63) is 23.8 Å². The average Bonchev–Trinajstić information content (AvgIpc) is 2.88. The molecule has 0 heterocycles. The molecule has 0 radical (unpaired) electrons. The van der Waals surface area contributed by atoms with Crippen LogP contribution in [0.25, 0.3) is 0 Å². The van der Waals surface area contributed by atoms with Gasteiger partial charge >= 0.3 is 0 Å². The fourth-order valence-corrected chi connectivity index (χ4v) is 7.89. The second-order valence-electron chi connectivity index (χ2n) is 9.80. The zero-order valence-corrected chi connectivity index (χ0v) is 18.0. The van der Waals surface area contributed by atoms with Gasteiger partial charge < -0.3 is 10.2 Å². The third-order valence-electron chi connectivity index (χ3n) is 8.71. The molecular weight excluding hydrogens is 417 g/mol. The third-order valence-corrected chi connectivity index (χ3v) is 9.39. The van der Waals surface area contributed by atoms with E-state index in [1.165, 1.54) is 19.1 Å². The summed E-state index contributed by atoms with van der Waals surface area (Å²) in [6, 6.07) is -0.995. The highest BCUT2D eigenvalue weighted by atomic mass is 32.2. The summed E-state index contributed by atoms with van der Waals surface area (Å²) in [4.78, 5) is 24.6. The molecule has 4 nitrogen and oxygen atoms in total. The molecule has 8 heteroatoms. The quantitative estimate of drug-likeness (QED) is 0.682. The predicted octanol–water partition coefficient (Wildman–Crippen LogP) is 3.47. The van der Waals surface area contributed by atoms with E-state index in [2.05, 4.69) is 0 Å². The van der Waals surface area contributed by atoms with Crippen LogP contribution in [0.1, 0.15) is 40.0 Å². The van der Waals surface area contributed by atoms with E-state index in [4.69, 9.17) is 0 Å². The number of rotatable bonds is 2. The molecule has 3 fully saturated rings. The lowest BCUT2D eigenvalue weighted by Gasteiger charge is -2.63. The number of ketones is 1. The summed E-state index contributed by atoms with van der Waals surface area (Å²) in [5, 5.41) is 21.9. The Hall–Kier alpha value is -1.12. The van der Waals surface area contributed by atoms with Gasteiger partial charge in [0.05, 0.1) is 6.10 Å². The van der Waals surface area contributed by atoms with E-state index in [-0.39, 0.29) is 24.8 Å². The van der Waals surface area contributed by atoms with Crippen LogP contribution in [0.2, 0.25) is 0 Å². The van der Waals surface area contributed by atoms with E-state index in [1.54, 1.807) is 13.8 Å².